The van der Waals surface area contributed by atoms with Crippen LogP contribution in [0, 0.1) is 0 Å². The van der Waals surface area contributed by atoms with Gasteiger partial charge in [-0.3, -0.25) is 0 Å². The normalized spacial score (nSPS) is 10.8. The van der Waals surface area contributed by atoms with Gasteiger partial charge in [-0.1, -0.05) is 19.1 Å². The third-order valence-electron chi connectivity index (χ3n) is 2.71. The zero-order valence-electron chi connectivity index (χ0n) is 10.6. The third kappa shape index (κ3) is 2.40. The lowest BCUT2D eigenvalue weighted by atomic mass is 10.2. The summed E-state index contributed by atoms with van der Waals surface area (Å²) in [6.07, 6.45) is 4.27. The van der Waals surface area contributed by atoms with Crippen LogP contribution in [0.4, 0.5) is 0 Å². The van der Waals surface area contributed by atoms with E-state index in [4.69, 9.17) is 4.74 Å². The molecule has 0 amide bonds. The molecule has 3 aromatic rings. The number of nitrogens with zero attached hydrogens (tertiary/aromatic N) is 3. The standard InChI is InChI=1S/C14H14N4O/c1-2-8-19-11-5-3-4-10(9-11)12-17-13-14(18-12)16-7-6-15-13/h3-7,9H,2,8H2,1H3,(H,15,16,17,18). The smallest absolute Gasteiger partial charge is 0.197 e. The third-order valence-corrected chi connectivity index (χ3v) is 2.71. The van der Waals surface area contributed by atoms with Crippen LogP contribution in [0.1, 0.15) is 13.3 Å². The second kappa shape index (κ2) is 5.06. The van der Waals surface area contributed by atoms with Crippen molar-refractivity contribution in [1.29, 1.82) is 0 Å². The summed E-state index contributed by atoms with van der Waals surface area (Å²) in [5, 5.41) is 0. The lowest BCUT2D eigenvalue weighted by molar-refractivity contribution is 0.317. The second-order valence-electron chi connectivity index (χ2n) is 4.19. The van der Waals surface area contributed by atoms with Crippen molar-refractivity contribution < 1.29 is 4.74 Å². The lowest BCUT2D eigenvalue weighted by Crippen LogP contribution is -1.94. The van der Waals surface area contributed by atoms with E-state index in [1.165, 1.54) is 0 Å². The fraction of sp³-hybridized carbons (Fsp3) is 0.214. The van der Waals surface area contributed by atoms with Crippen LogP contribution in [0.3, 0.4) is 0 Å². The van der Waals surface area contributed by atoms with Crippen LogP contribution in [0.15, 0.2) is 36.7 Å². The average molecular weight is 254 g/mol. The summed E-state index contributed by atoms with van der Waals surface area (Å²) >= 11 is 0. The molecule has 1 aromatic carbocycles. The Hall–Kier alpha value is -2.43. The first-order valence-corrected chi connectivity index (χ1v) is 6.27. The van der Waals surface area contributed by atoms with E-state index in [0.717, 1.165) is 23.6 Å². The number of fused-ring (bicyclic) bond motifs is 1. The Kier molecular flexibility index (Phi) is 3.10. The number of aromatic nitrogens is 4. The summed E-state index contributed by atoms with van der Waals surface area (Å²) in [5.74, 6) is 1.60. The summed E-state index contributed by atoms with van der Waals surface area (Å²) in [6.45, 7) is 2.80. The van der Waals surface area contributed by atoms with Crippen molar-refractivity contribution in [3.8, 4) is 17.1 Å². The van der Waals surface area contributed by atoms with Crippen LogP contribution in [0.5, 0.6) is 5.75 Å². The van der Waals surface area contributed by atoms with Gasteiger partial charge >= 0.3 is 0 Å². The molecule has 5 nitrogen and oxygen atoms in total. The van der Waals surface area contributed by atoms with Gasteiger partial charge in [-0.25, -0.2) is 15.0 Å². The maximum absolute atomic E-state index is 5.62. The average Bonchev–Trinajstić information content (AvgIpc) is 2.89. The number of benzene rings is 1. The zero-order chi connectivity index (χ0) is 13.1. The van der Waals surface area contributed by atoms with Gasteiger partial charge in [0.05, 0.1) is 6.61 Å². The molecule has 0 aliphatic carbocycles. The number of ether oxygens (including phenoxy) is 1. The van der Waals surface area contributed by atoms with E-state index in [0.29, 0.717) is 17.9 Å². The summed E-state index contributed by atoms with van der Waals surface area (Å²) in [4.78, 5) is 15.9. The first-order chi connectivity index (χ1) is 9.36. The molecule has 0 saturated carbocycles. The highest BCUT2D eigenvalue weighted by atomic mass is 16.5. The highest BCUT2D eigenvalue weighted by Crippen LogP contribution is 2.22. The van der Waals surface area contributed by atoms with E-state index >= 15 is 0 Å². The van der Waals surface area contributed by atoms with E-state index < -0.39 is 0 Å². The Morgan fingerprint density at radius 2 is 2.11 bits per heavy atom. The Morgan fingerprint density at radius 3 is 2.95 bits per heavy atom. The number of H-pyrrole nitrogens is 1. The summed E-state index contributed by atoms with van der Waals surface area (Å²) in [7, 11) is 0. The number of nitrogens with one attached hydrogen (secondary N) is 1. The summed E-state index contributed by atoms with van der Waals surface area (Å²) < 4.78 is 5.62. The quantitative estimate of drug-likeness (QED) is 0.777. The molecular formula is C14H14N4O. The van der Waals surface area contributed by atoms with Crippen molar-refractivity contribution in [3.63, 3.8) is 0 Å². The minimum Gasteiger partial charge on any atom is -0.494 e. The van der Waals surface area contributed by atoms with Crippen molar-refractivity contribution >= 4 is 11.3 Å². The number of imidazole rings is 1. The van der Waals surface area contributed by atoms with Gasteiger partial charge in [0, 0.05) is 18.0 Å². The monoisotopic (exact) mass is 254 g/mol. The number of hydrogen-bond donors (Lipinski definition) is 1. The molecule has 2 heterocycles. The molecule has 0 aliphatic rings. The fourth-order valence-corrected chi connectivity index (χ4v) is 1.84. The van der Waals surface area contributed by atoms with E-state index in [1.807, 2.05) is 24.3 Å². The molecule has 19 heavy (non-hydrogen) atoms. The topological polar surface area (TPSA) is 63.7 Å². The molecule has 96 valence electrons. The molecule has 3 rings (SSSR count). The molecule has 1 N–H and O–H groups in total. The minimum atomic E-state index is 0.623. The molecule has 2 aromatic heterocycles. The minimum absolute atomic E-state index is 0.623. The predicted molar refractivity (Wildman–Crippen MR) is 72.9 cm³/mol. The van der Waals surface area contributed by atoms with Crippen LogP contribution in [0.25, 0.3) is 22.7 Å². The van der Waals surface area contributed by atoms with Gasteiger partial charge < -0.3 is 9.72 Å². The van der Waals surface area contributed by atoms with Gasteiger partial charge in [0.1, 0.15) is 11.6 Å². The van der Waals surface area contributed by atoms with E-state index in [2.05, 4.69) is 26.9 Å². The second-order valence-corrected chi connectivity index (χ2v) is 4.19. The Morgan fingerprint density at radius 1 is 1.21 bits per heavy atom. The van der Waals surface area contributed by atoms with Gasteiger partial charge in [-0.05, 0) is 18.6 Å². The number of aromatic amines is 1. The van der Waals surface area contributed by atoms with E-state index in [9.17, 15) is 0 Å². The molecule has 0 saturated heterocycles. The Bertz CT molecular complexity index is 659. The van der Waals surface area contributed by atoms with Gasteiger partial charge in [0.2, 0.25) is 0 Å². The van der Waals surface area contributed by atoms with Gasteiger partial charge in [0.25, 0.3) is 0 Å². The van der Waals surface area contributed by atoms with Gasteiger partial charge in [0.15, 0.2) is 11.3 Å². The highest BCUT2D eigenvalue weighted by molar-refractivity contribution is 5.72. The van der Waals surface area contributed by atoms with Crippen LogP contribution < -0.4 is 4.74 Å². The first kappa shape index (κ1) is 11.6. The Balaban J connectivity index is 1.96. The Labute approximate surface area is 110 Å². The highest BCUT2D eigenvalue weighted by Gasteiger charge is 2.07. The van der Waals surface area contributed by atoms with Crippen molar-refractivity contribution in [2.45, 2.75) is 13.3 Å². The van der Waals surface area contributed by atoms with Crippen LogP contribution >= 0.6 is 0 Å². The van der Waals surface area contributed by atoms with Crippen molar-refractivity contribution in [2.24, 2.45) is 0 Å². The van der Waals surface area contributed by atoms with Gasteiger partial charge in [-0.2, -0.15) is 0 Å². The van der Waals surface area contributed by atoms with Crippen LogP contribution in [-0.4, -0.2) is 26.5 Å². The summed E-state index contributed by atoms with van der Waals surface area (Å²) in [6, 6.07) is 7.84. The summed E-state index contributed by atoms with van der Waals surface area (Å²) in [5.41, 5.74) is 2.28. The predicted octanol–water partition coefficient (Wildman–Crippen LogP) is 2.81. The zero-order valence-corrected chi connectivity index (χ0v) is 10.6. The molecular weight excluding hydrogens is 240 g/mol. The largest absolute Gasteiger partial charge is 0.494 e. The lowest BCUT2D eigenvalue weighted by Gasteiger charge is -2.05. The van der Waals surface area contributed by atoms with E-state index in [1.54, 1.807) is 12.4 Å². The maximum atomic E-state index is 5.62. The van der Waals surface area contributed by atoms with Crippen LogP contribution in [0.2, 0.25) is 0 Å². The number of hydrogen-bond acceptors (Lipinski definition) is 4. The van der Waals surface area contributed by atoms with Crippen molar-refractivity contribution in [2.75, 3.05) is 6.61 Å². The molecule has 0 fully saturated rings. The molecule has 0 aliphatic heterocycles. The molecule has 0 bridgehead atoms. The SMILES string of the molecule is CCCOc1cccc(-c2nc3nccnc3[nH]2)c1. The number of rotatable bonds is 4. The molecule has 0 unspecified atom stereocenters. The molecule has 0 atom stereocenters. The molecule has 0 radical (unpaired) electrons. The fourth-order valence-electron chi connectivity index (χ4n) is 1.84. The maximum Gasteiger partial charge on any atom is 0.197 e. The van der Waals surface area contributed by atoms with Crippen molar-refractivity contribution in [3.05, 3.63) is 36.7 Å². The molecule has 5 heteroatoms. The van der Waals surface area contributed by atoms with Crippen LogP contribution in [-0.2, 0) is 0 Å². The van der Waals surface area contributed by atoms with Crippen molar-refractivity contribution in [1.82, 2.24) is 19.9 Å². The van der Waals surface area contributed by atoms with Gasteiger partial charge in [-0.15, -0.1) is 0 Å². The first-order valence-electron chi connectivity index (χ1n) is 6.27. The molecule has 0 spiro atoms. The van der Waals surface area contributed by atoms with E-state index in [-0.39, 0.29) is 0 Å².